The van der Waals surface area contributed by atoms with Crippen molar-refractivity contribution in [1.82, 2.24) is 4.90 Å². The van der Waals surface area contributed by atoms with Crippen LogP contribution in [0.5, 0.6) is 5.75 Å². The number of β-amino-alcohol motifs (C(OH)–C–C–N with tert-alkyl or cyclic N) is 1. The second-order valence-electron chi connectivity index (χ2n) is 10.6. The van der Waals surface area contributed by atoms with Gasteiger partial charge in [-0.1, -0.05) is 24.0 Å². The SMILES string of the molecule is COCC(O)CN1CCC(Nc2cccc3c(CC(F)(F)F)c(C#CCNc4ccc(S(C)(=O)=O)cc4OC)sc23)C(F)C1. The van der Waals surface area contributed by atoms with E-state index < -0.39 is 40.8 Å². The fourth-order valence-electron chi connectivity index (χ4n) is 5.11. The first kappa shape index (κ1) is 33.8. The molecule has 8 nitrogen and oxygen atoms in total. The molecule has 1 saturated heterocycles. The molecule has 1 aliphatic rings. The number of piperidine rings is 1. The number of thiophene rings is 1. The van der Waals surface area contributed by atoms with E-state index in [1.165, 1.54) is 32.4 Å². The number of nitrogens with zero attached hydrogens (tertiary/aromatic N) is 1. The smallest absolute Gasteiger partial charge is 0.393 e. The van der Waals surface area contributed by atoms with Gasteiger partial charge in [-0.2, -0.15) is 13.2 Å². The van der Waals surface area contributed by atoms with E-state index in [4.69, 9.17) is 9.47 Å². The molecule has 240 valence electrons. The second kappa shape index (κ2) is 14.3. The van der Waals surface area contributed by atoms with Crippen LogP contribution in [-0.2, 0) is 21.0 Å². The predicted octanol–water partition coefficient (Wildman–Crippen LogP) is 4.71. The molecule has 1 fully saturated rings. The number of aliphatic hydroxyl groups is 1. The molecule has 0 bridgehead atoms. The average Bonchev–Trinajstić information content (AvgIpc) is 3.28. The van der Waals surface area contributed by atoms with E-state index in [0.29, 0.717) is 34.4 Å². The molecule has 0 saturated carbocycles. The minimum absolute atomic E-state index is 0.0561. The van der Waals surface area contributed by atoms with Gasteiger partial charge in [0.15, 0.2) is 9.84 Å². The number of anilines is 2. The average molecular weight is 658 g/mol. The van der Waals surface area contributed by atoms with Crippen molar-refractivity contribution in [3.8, 4) is 17.6 Å². The van der Waals surface area contributed by atoms with Gasteiger partial charge in [0, 0.05) is 39.1 Å². The summed E-state index contributed by atoms with van der Waals surface area (Å²) in [6, 6.07) is 8.77. The number of hydrogen-bond acceptors (Lipinski definition) is 9. The molecule has 2 heterocycles. The van der Waals surface area contributed by atoms with Crippen LogP contribution in [0.2, 0.25) is 0 Å². The van der Waals surface area contributed by atoms with Gasteiger partial charge in [0.2, 0.25) is 0 Å². The lowest BCUT2D eigenvalue weighted by Gasteiger charge is -2.36. The van der Waals surface area contributed by atoms with Crippen LogP contribution >= 0.6 is 11.3 Å². The lowest BCUT2D eigenvalue weighted by Crippen LogP contribution is -2.50. The Morgan fingerprint density at radius 3 is 2.64 bits per heavy atom. The Morgan fingerprint density at radius 2 is 1.98 bits per heavy atom. The van der Waals surface area contributed by atoms with E-state index in [0.717, 1.165) is 17.6 Å². The Morgan fingerprint density at radius 1 is 1.20 bits per heavy atom. The Balaban J connectivity index is 1.54. The summed E-state index contributed by atoms with van der Waals surface area (Å²) in [5.41, 5.74) is 1.08. The minimum atomic E-state index is -4.47. The van der Waals surface area contributed by atoms with Crippen molar-refractivity contribution in [3.05, 3.63) is 46.8 Å². The first-order valence-corrected chi connectivity index (χ1v) is 16.5. The molecule has 1 aromatic heterocycles. The lowest BCUT2D eigenvalue weighted by atomic mass is 10.0. The molecule has 3 unspecified atom stereocenters. The second-order valence-corrected chi connectivity index (χ2v) is 13.6. The quantitative estimate of drug-likeness (QED) is 0.202. The number of aliphatic hydroxyl groups excluding tert-OH is 1. The van der Waals surface area contributed by atoms with Crippen molar-refractivity contribution in [2.24, 2.45) is 0 Å². The van der Waals surface area contributed by atoms with Crippen LogP contribution in [-0.4, -0.2) is 96.2 Å². The summed E-state index contributed by atoms with van der Waals surface area (Å²) in [5, 5.41) is 16.6. The third-order valence-corrected chi connectivity index (χ3v) is 9.47. The summed E-state index contributed by atoms with van der Waals surface area (Å²) in [6.45, 7) is 1.16. The topological polar surface area (TPSA) is 100 Å². The first-order valence-electron chi connectivity index (χ1n) is 13.8. The molecular formula is C30H35F4N3O5S2. The number of rotatable bonds is 11. The molecule has 0 spiro atoms. The van der Waals surface area contributed by atoms with Crippen molar-refractivity contribution in [2.75, 3.05) is 63.9 Å². The zero-order valence-electron chi connectivity index (χ0n) is 24.5. The molecule has 44 heavy (non-hydrogen) atoms. The number of hydrogen-bond donors (Lipinski definition) is 3. The highest BCUT2D eigenvalue weighted by Gasteiger charge is 2.33. The van der Waals surface area contributed by atoms with Gasteiger partial charge in [0.25, 0.3) is 0 Å². The number of fused-ring (bicyclic) bond motifs is 1. The summed E-state index contributed by atoms with van der Waals surface area (Å²) in [6.07, 6.45) is -6.07. The zero-order valence-corrected chi connectivity index (χ0v) is 26.1. The highest BCUT2D eigenvalue weighted by Crippen LogP contribution is 2.39. The number of alkyl halides is 4. The zero-order chi connectivity index (χ0) is 32.1. The largest absolute Gasteiger partial charge is 0.495 e. The van der Waals surface area contributed by atoms with Crippen molar-refractivity contribution >= 4 is 42.6 Å². The van der Waals surface area contributed by atoms with Gasteiger partial charge >= 0.3 is 6.18 Å². The number of likely N-dealkylation sites (tertiary alicyclic amines) is 1. The number of sulfone groups is 1. The fraction of sp³-hybridized carbons (Fsp3) is 0.467. The number of halogens is 4. The molecule has 3 atom stereocenters. The summed E-state index contributed by atoms with van der Waals surface area (Å²) >= 11 is 1.12. The van der Waals surface area contributed by atoms with E-state index in [1.807, 2.05) is 4.90 Å². The molecule has 0 aliphatic carbocycles. The summed E-state index contributed by atoms with van der Waals surface area (Å²) < 4.78 is 90.5. The third-order valence-electron chi connectivity index (χ3n) is 7.16. The van der Waals surface area contributed by atoms with E-state index in [-0.39, 0.29) is 47.3 Å². The van der Waals surface area contributed by atoms with Crippen molar-refractivity contribution in [2.45, 2.75) is 42.2 Å². The van der Waals surface area contributed by atoms with Crippen LogP contribution in [0.25, 0.3) is 10.1 Å². The first-order chi connectivity index (χ1) is 20.8. The third kappa shape index (κ3) is 8.76. The van der Waals surface area contributed by atoms with Gasteiger partial charge in [-0.3, -0.25) is 4.90 Å². The molecule has 3 aromatic rings. The number of methoxy groups -OCH3 is 2. The molecule has 0 amide bonds. The van der Waals surface area contributed by atoms with Crippen LogP contribution in [0.3, 0.4) is 0 Å². The summed E-state index contributed by atoms with van der Waals surface area (Å²) in [4.78, 5) is 2.17. The molecule has 1 aliphatic heterocycles. The molecule has 2 aromatic carbocycles. The molecule has 0 radical (unpaired) electrons. The van der Waals surface area contributed by atoms with E-state index in [9.17, 15) is 26.7 Å². The predicted molar refractivity (Wildman–Crippen MR) is 164 cm³/mol. The Hall–Kier alpha value is -3.09. The van der Waals surface area contributed by atoms with Crippen molar-refractivity contribution < 1.29 is 40.6 Å². The van der Waals surface area contributed by atoms with Gasteiger partial charge in [0.05, 0.1) is 64.7 Å². The number of benzene rings is 2. The maximum atomic E-state index is 15.2. The van der Waals surface area contributed by atoms with Crippen LogP contribution in [0, 0.1) is 11.8 Å². The molecule has 4 rings (SSSR count). The van der Waals surface area contributed by atoms with Crippen molar-refractivity contribution in [3.63, 3.8) is 0 Å². The number of ether oxygens (including phenoxy) is 2. The van der Waals surface area contributed by atoms with Gasteiger partial charge < -0.3 is 25.2 Å². The standard InChI is InChI=1S/C30H35F4N3O5S2/c1-41-18-19(38)16-37-13-11-24(23(31)17-37)36-26-7-4-6-21-22(15-30(32,33)34)28(43-29(21)26)8-5-12-35-25-10-9-20(44(3,39)40)14-27(25)42-2/h4,6-7,9-10,14,19,23-24,35-36,38H,11-13,15-18H2,1-3H3. The normalized spacial score (nSPS) is 18.5. The van der Waals surface area contributed by atoms with Crippen LogP contribution in [0.15, 0.2) is 41.3 Å². The molecular weight excluding hydrogens is 622 g/mol. The molecule has 3 N–H and O–H groups in total. The fourth-order valence-corrected chi connectivity index (χ4v) is 6.92. The highest BCUT2D eigenvalue weighted by molar-refractivity contribution is 7.90. The summed E-state index contributed by atoms with van der Waals surface area (Å²) in [7, 11) is -0.560. The number of nitrogens with one attached hydrogen (secondary N) is 2. The van der Waals surface area contributed by atoms with Gasteiger partial charge in [-0.05, 0) is 35.6 Å². The lowest BCUT2D eigenvalue weighted by molar-refractivity contribution is -0.126. The monoisotopic (exact) mass is 657 g/mol. The van der Waals surface area contributed by atoms with E-state index in [2.05, 4.69) is 22.5 Å². The Labute approximate surface area is 258 Å². The van der Waals surface area contributed by atoms with Crippen LogP contribution in [0.1, 0.15) is 16.9 Å². The maximum Gasteiger partial charge on any atom is 0.393 e. The van der Waals surface area contributed by atoms with Gasteiger partial charge in [-0.15, -0.1) is 11.3 Å². The Bertz CT molecular complexity index is 1620. The van der Waals surface area contributed by atoms with Crippen LogP contribution < -0.4 is 15.4 Å². The Kier molecular flexibility index (Phi) is 11.0. The highest BCUT2D eigenvalue weighted by atomic mass is 32.2. The van der Waals surface area contributed by atoms with Gasteiger partial charge in [-0.25, -0.2) is 12.8 Å². The minimum Gasteiger partial charge on any atom is -0.495 e. The van der Waals surface area contributed by atoms with E-state index in [1.54, 1.807) is 18.2 Å². The molecule has 14 heteroatoms. The van der Waals surface area contributed by atoms with Gasteiger partial charge in [0.1, 0.15) is 11.9 Å². The van der Waals surface area contributed by atoms with E-state index >= 15 is 4.39 Å². The maximum absolute atomic E-state index is 15.2. The summed E-state index contributed by atoms with van der Waals surface area (Å²) in [5.74, 6) is 6.02. The van der Waals surface area contributed by atoms with Crippen LogP contribution in [0.4, 0.5) is 28.9 Å². The van der Waals surface area contributed by atoms with Crippen molar-refractivity contribution in [1.29, 1.82) is 0 Å².